The van der Waals surface area contributed by atoms with Crippen molar-refractivity contribution < 1.29 is 9.90 Å². The molecular weight excluding hydrogens is 350 g/mol. The maximum atomic E-state index is 12.4. The van der Waals surface area contributed by atoms with Gasteiger partial charge in [-0.15, -0.1) is 0 Å². The van der Waals surface area contributed by atoms with Gasteiger partial charge in [-0.05, 0) is 22.8 Å². The van der Waals surface area contributed by atoms with E-state index in [2.05, 4.69) is 46.8 Å². The lowest BCUT2D eigenvalue weighted by Crippen LogP contribution is -2.27. The van der Waals surface area contributed by atoms with Gasteiger partial charge in [-0.3, -0.25) is 9.48 Å². The first kappa shape index (κ1) is 17.9. The second kappa shape index (κ2) is 8.06. The lowest BCUT2D eigenvalue weighted by molar-refractivity contribution is 0.0940. The molecular formula is C23H21N3O2. The predicted octanol–water partition coefficient (Wildman–Crippen LogP) is 3.47. The molecule has 0 aliphatic rings. The van der Waals surface area contributed by atoms with Gasteiger partial charge in [-0.2, -0.15) is 5.10 Å². The summed E-state index contributed by atoms with van der Waals surface area (Å²) in [6, 6.07) is 26.3. The molecule has 4 aromatic rings. The highest BCUT2D eigenvalue weighted by molar-refractivity contribution is 6.04. The van der Waals surface area contributed by atoms with Crippen molar-refractivity contribution in [2.45, 2.75) is 6.54 Å². The van der Waals surface area contributed by atoms with Crippen molar-refractivity contribution in [3.63, 3.8) is 0 Å². The van der Waals surface area contributed by atoms with Gasteiger partial charge in [-0.1, -0.05) is 72.8 Å². The van der Waals surface area contributed by atoms with Crippen LogP contribution in [0.25, 0.3) is 22.0 Å². The Labute approximate surface area is 163 Å². The largest absolute Gasteiger partial charge is 0.395 e. The van der Waals surface area contributed by atoms with E-state index in [4.69, 9.17) is 5.11 Å². The number of benzene rings is 3. The SMILES string of the molecule is O=C(NCCO)c1nn(Cc2ccc(-c3ccccc3)cc2)c2ccccc12. The summed E-state index contributed by atoms with van der Waals surface area (Å²) in [6.07, 6.45) is 0. The summed E-state index contributed by atoms with van der Waals surface area (Å²) >= 11 is 0. The maximum Gasteiger partial charge on any atom is 0.272 e. The molecule has 4 rings (SSSR count). The van der Waals surface area contributed by atoms with E-state index in [0.717, 1.165) is 16.5 Å². The minimum atomic E-state index is -0.275. The number of amides is 1. The fourth-order valence-electron chi connectivity index (χ4n) is 3.27. The van der Waals surface area contributed by atoms with Gasteiger partial charge in [0, 0.05) is 11.9 Å². The molecule has 0 aliphatic carbocycles. The minimum Gasteiger partial charge on any atom is -0.395 e. The average molecular weight is 371 g/mol. The Kier molecular flexibility index (Phi) is 5.17. The maximum absolute atomic E-state index is 12.4. The van der Waals surface area contributed by atoms with E-state index in [1.807, 2.05) is 47.1 Å². The molecule has 5 nitrogen and oxygen atoms in total. The van der Waals surface area contributed by atoms with E-state index in [1.54, 1.807) is 0 Å². The Balaban J connectivity index is 1.62. The molecule has 140 valence electrons. The van der Waals surface area contributed by atoms with E-state index in [0.29, 0.717) is 12.2 Å². The third-order valence-electron chi connectivity index (χ3n) is 4.66. The summed E-state index contributed by atoms with van der Waals surface area (Å²) in [4.78, 5) is 12.4. The Morgan fingerprint density at radius 3 is 2.32 bits per heavy atom. The van der Waals surface area contributed by atoms with Gasteiger partial charge in [0.1, 0.15) is 0 Å². The number of para-hydroxylation sites is 1. The lowest BCUT2D eigenvalue weighted by Gasteiger charge is -2.06. The number of aromatic nitrogens is 2. The lowest BCUT2D eigenvalue weighted by atomic mass is 10.0. The number of carbonyl (C=O) groups is 1. The van der Waals surface area contributed by atoms with Crippen molar-refractivity contribution in [1.29, 1.82) is 0 Å². The van der Waals surface area contributed by atoms with Crippen LogP contribution in [-0.4, -0.2) is 33.9 Å². The number of nitrogens with one attached hydrogen (secondary N) is 1. The molecule has 0 atom stereocenters. The number of hydrogen-bond donors (Lipinski definition) is 2. The molecule has 0 bridgehead atoms. The van der Waals surface area contributed by atoms with E-state index in [9.17, 15) is 4.79 Å². The summed E-state index contributed by atoms with van der Waals surface area (Å²) in [5.41, 5.74) is 4.74. The summed E-state index contributed by atoms with van der Waals surface area (Å²) in [6.45, 7) is 0.683. The zero-order chi connectivity index (χ0) is 19.3. The number of rotatable bonds is 6. The first-order valence-corrected chi connectivity index (χ1v) is 9.25. The van der Waals surface area contributed by atoms with Crippen LogP contribution in [0.4, 0.5) is 0 Å². The molecule has 3 aromatic carbocycles. The molecule has 1 aromatic heterocycles. The van der Waals surface area contributed by atoms with Crippen LogP contribution in [0.2, 0.25) is 0 Å². The molecule has 5 heteroatoms. The van der Waals surface area contributed by atoms with Gasteiger partial charge in [-0.25, -0.2) is 0 Å². The van der Waals surface area contributed by atoms with Crippen LogP contribution in [0.5, 0.6) is 0 Å². The highest BCUT2D eigenvalue weighted by atomic mass is 16.3. The Hall–Kier alpha value is -3.44. The van der Waals surface area contributed by atoms with Crippen LogP contribution in [0, 0.1) is 0 Å². The molecule has 0 fully saturated rings. The van der Waals surface area contributed by atoms with Gasteiger partial charge in [0.2, 0.25) is 0 Å². The summed E-state index contributed by atoms with van der Waals surface area (Å²) in [5, 5.41) is 17.0. The van der Waals surface area contributed by atoms with Gasteiger partial charge in [0.25, 0.3) is 5.91 Å². The van der Waals surface area contributed by atoms with Crippen molar-refractivity contribution in [1.82, 2.24) is 15.1 Å². The molecule has 0 saturated heterocycles. The average Bonchev–Trinajstić information content (AvgIpc) is 3.12. The number of carbonyl (C=O) groups excluding carboxylic acids is 1. The molecule has 1 heterocycles. The number of hydrogen-bond acceptors (Lipinski definition) is 3. The van der Waals surface area contributed by atoms with Crippen LogP contribution in [0.3, 0.4) is 0 Å². The van der Waals surface area contributed by atoms with Gasteiger partial charge >= 0.3 is 0 Å². The van der Waals surface area contributed by atoms with Crippen LogP contribution in [0.15, 0.2) is 78.9 Å². The van der Waals surface area contributed by atoms with Crippen molar-refractivity contribution in [3.8, 4) is 11.1 Å². The van der Waals surface area contributed by atoms with Crippen molar-refractivity contribution in [2.24, 2.45) is 0 Å². The minimum absolute atomic E-state index is 0.0991. The fourth-order valence-corrected chi connectivity index (χ4v) is 3.27. The first-order chi connectivity index (χ1) is 13.8. The van der Waals surface area contributed by atoms with E-state index >= 15 is 0 Å². The smallest absolute Gasteiger partial charge is 0.272 e. The predicted molar refractivity (Wildman–Crippen MR) is 110 cm³/mol. The highest BCUT2D eigenvalue weighted by Gasteiger charge is 2.16. The summed E-state index contributed by atoms with van der Waals surface area (Å²) < 4.78 is 1.85. The Morgan fingerprint density at radius 2 is 1.57 bits per heavy atom. The monoisotopic (exact) mass is 371 g/mol. The quantitative estimate of drug-likeness (QED) is 0.545. The molecule has 0 unspecified atom stereocenters. The topological polar surface area (TPSA) is 67.2 Å². The molecule has 2 N–H and O–H groups in total. The zero-order valence-electron chi connectivity index (χ0n) is 15.4. The van der Waals surface area contributed by atoms with Crippen molar-refractivity contribution >= 4 is 16.8 Å². The Bertz CT molecular complexity index is 1090. The zero-order valence-corrected chi connectivity index (χ0v) is 15.4. The molecule has 0 spiro atoms. The third kappa shape index (κ3) is 3.66. The highest BCUT2D eigenvalue weighted by Crippen LogP contribution is 2.22. The van der Waals surface area contributed by atoms with Crippen molar-refractivity contribution in [2.75, 3.05) is 13.2 Å². The third-order valence-corrected chi connectivity index (χ3v) is 4.66. The van der Waals surface area contributed by atoms with E-state index < -0.39 is 0 Å². The van der Waals surface area contributed by atoms with Crippen LogP contribution < -0.4 is 5.32 Å². The normalized spacial score (nSPS) is 10.9. The van der Waals surface area contributed by atoms with Crippen molar-refractivity contribution in [3.05, 3.63) is 90.1 Å². The second-order valence-electron chi connectivity index (χ2n) is 6.57. The first-order valence-electron chi connectivity index (χ1n) is 9.25. The number of nitrogens with zero attached hydrogens (tertiary/aromatic N) is 2. The number of aliphatic hydroxyl groups excluding tert-OH is 1. The van der Waals surface area contributed by atoms with E-state index in [1.165, 1.54) is 11.1 Å². The fraction of sp³-hybridized carbons (Fsp3) is 0.130. The van der Waals surface area contributed by atoms with E-state index in [-0.39, 0.29) is 19.1 Å². The van der Waals surface area contributed by atoms with Gasteiger partial charge < -0.3 is 10.4 Å². The molecule has 0 radical (unpaired) electrons. The molecule has 28 heavy (non-hydrogen) atoms. The second-order valence-corrected chi connectivity index (χ2v) is 6.57. The number of fused-ring (bicyclic) bond motifs is 1. The van der Waals surface area contributed by atoms with Gasteiger partial charge in [0.15, 0.2) is 5.69 Å². The van der Waals surface area contributed by atoms with Gasteiger partial charge in [0.05, 0.1) is 18.7 Å². The number of aliphatic hydroxyl groups is 1. The Morgan fingerprint density at radius 1 is 0.893 bits per heavy atom. The van der Waals surface area contributed by atoms with Crippen LogP contribution in [-0.2, 0) is 6.54 Å². The van der Waals surface area contributed by atoms with Crippen LogP contribution in [0.1, 0.15) is 16.1 Å². The summed E-state index contributed by atoms with van der Waals surface area (Å²) in [5.74, 6) is -0.275. The summed E-state index contributed by atoms with van der Waals surface area (Å²) in [7, 11) is 0. The molecule has 0 aliphatic heterocycles. The standard InChI is InChI=1S/C23H21N3O2/c27-15-14-24-23(28)22-20-8-4-5-9-21(20)26(25-22)16-17-10-12-19(13-11-17)18-6-2-1-3-7-18/h1-13,27H,14-16H2,(H,24,28). The molecule has 0 saturated carbocycles. The molecule has 1 amide bonds. The van der Waals surface area contributed by atoms with Crippen LogP contribution >= 0.6 is 0 Å².